The second-order valence-electron chi connectivity index (χ2n) is 4.79. The lowest BCUT2D eigenvalue weighted by atomic mass is 10.1. The Morgan fingerprint density at radius 2 is 2.00 bits per heavy atom. The maximum atomic E-state index is 5.93. The fourth-order valence-electron chi connectivity index (χ4n) is 2.43. The van der Waals surface area contributed by atoms with Gasteiger partial charge in [0.05, 0.1) is 19.1 Å². The lowest BCUT2D eigenvalue weighted by Gasteiger charge is -2.24. The molecule has 2 saturated heterocycles. The van der Waals surface area contributed by atoms with E-state index in [1.807, 2.05) is 0 Å². The summed E-state index contributed by atoms with van der Waals surface area (Å²) in [6.45, 7) is 3.20. The topological polar surface area (TPSA) is 77.4 Å². The summed E-state index contributed by atoms with van der Waals surface area (Å²) in [5, 5.41) is 4.05. The minimum absolute atomic E-state index is 0.0235. The van der Waals surface area contributed by atoms with Crippen molar-refractivity contribution in [3.8, 4) is 0 Å². The molecule has 1 aromatic heterocycles. The van der Waals surface area contributed by atoms with E-state index in [4.69, 9.17) is 15.0 Å². The van der Waals surface area contributed by atoms with Crippen LogP contribution in [-0.4, -0.2) is 42.5 Å². The number of hydrogen-bond donors (Lipinski definition) is 1. The second-order valence-corrected chi connectivity index (χ2v) is 4.79. The molecule has 6 nitrogen and oxygen atoms in total. The first kappa shape index (κ1) is 11.0. The molecule has 0 aliphatic carbocycles. The Balaban J connectivity index is 1.73. The van der Waals surface area contributed by atoms with E-state index >= 15 is 0 Å². The van der Waals surface area contributed by atoms with Gasteiger partial charge in [-0.15, -0.1) is 0 Å². The van der Waals surface area contributed by atoms with Gasteiger partial charge in [0.1, 0.15) is 0 Å². The van der Waals surface area contributed by atoms with Crippen LogP contribution in [-0.2, 0) is 4.74 Å². The highest BCUT2D eigenvalue weighted by Gasteiger charge is 2.32. The highest BCUT2D eigenvalue weighted by molar-refractivity contribution is 5.28. The fourth-order valence-corrected chi connectivity index (χ4v) is 2.43. The average Bonchev–Trinajstić information content (AvgIpc) is 2.98. The van der Waals surface area contributed by atoms with Gasteiger partial charge in [0.2, 0.25) is 5.89 Å². The van der Waals surface area contributed by atoms with Crippen molar-refractivity contribution in [1.29, 1.82) is 0 Å². The number of ether oxygens (including phenoxy) is 1. The van der Waals surface area contributed by atoms with Gasteiger partial charge in [0, 0.05) is 19.1 Å². The van der Waals surface area contributed by atoms with Crippen LogP contribution in [0.15, 0.2) is 4.52 Å². The molecule has 3 heterocycles. The SMILES string of the molecule is NC1COCC1c1nc(N2CCCCC2)no1. The molecule has 3 rings (SSSR count). The molecule has 0 aromatic carbocycles. The van der Waals surface area contributed by atoms with Crippen molar-refractivity contribution in [3.63, 3.8) is 0 Å². The Morgan fingerprint density at radius 1 is 1.18 bits per heavy atom. The molecule has 2 fully saturated rings. The van der Waals surface area contributed by atoms with Gasteiger partial charge in [-0.3, -0.25) is 0 Å². The molecule has 2 unspecified atom stereocenters. The second kappa shape index (κ2) is 4.62. The zero-order valence-electron chi connectivity index (χ0n) is 9.84. The summed E-state index contributed by atoms with van der Waals surface area (Å²) in [4.78, 5) is 6.63. The van der Waals surface area contributed by atoms with E-state index in [-0.39, 0.29) is 12.0 Å². The van der Waals surface area contributed by atoms with E-state index in [1.54, 1.807) is 0 Å². The number of nitrogens with zero attached hydrogens (tertiary/aromatic N) is 3. The molecule has 1 aromatic rings. The van der Waals surface area contributed by atoms with Gasteiger partial charge >= 0.3 is 0 Å². The molecular weight excluding hydrogens is 220 g/mol. The van der Waals surface area contributed by atoms with Crippen LogP contribution in [0.3, 0.4) is 0 Å². The minimum Gasteiger partial charge on any atom is -0.379 e. The first-order valence-corrected chi connectivity index (χ1v) is 6.26. The Labute approximate surface area is 100 Å². The summed E-state index contributed by atoms with van der Waals surface area (Å²) in [6.07, 6.45) is 3.70. The largest absolute Gasteiger partial charge is 0.379 e. The molecule has 0 saturated carbocycles. The van der Waals surface area contributed by atoms with E-state index in [9.17, 15) is 0 Å². The van der Waals surface area contributed by atoms with Crippen molar-refractivity contribution in [2.75, 3.05) is 31.2 Å². The van der Waals surface area contributed by atoms with Gasteiger partial charge in [-0.2, -0.15) is 4.98 Å². The average molecular weight is 238 g/mol. The van der Waals surface area contributed by atoms with E-state index in [0.29, 0.717) is 25.1 Å². The Hall–Kier alpha value is -1.14. The number of hydrogen-bond acceptors (Lipinski definition) is 6. The zero-order chi connectivity index (χ0) is 11.7. The molecule has 94 valence electrons. The normalized spacial score (nSPS) is 29.8. The van der Waals surface area contributed by atoms with E-state index in [0.717, 1.165) is 13.1 Å². The monoisotopic (exact) mass is 238 g/mol. The third-order valence-electron chi connectivity index (χ3n) is 3.51. The van der Waals surface area contributed by atoms with Crippen LogP contribution in [0.25, 0.3) is 0 Å². The Morgan fingerprint density at radius 3 is 2.71 bits per heavy atom. The molecule has 6 heteroatoms. The molecule has 0 amide bonds. The highest BCUT2D eigenvalue weighted by atomic mass is 16.5. The molecule has 2 atom stereocenters. The molecule has 2 aliphatic heterocycles. The number of aromatic nitrogens is 2. The van der Waals surface area contributed by atoms with Gasteiger partial charge in [0.25, 0.3) is 5.95 Å². The number of piperidine rings is 1. The molecule has 0 bridgehead atoms. The van der Waals surface area contributed by atoms with Crippen molar-refractivity contribution in [3.05, 3.63) is 5.89 Å². The summed E-state index contributed by atoms with van der Waals surface area (Å²) >= 11 is 0. The van der Waals surface area contributed by atoms with Crippen molar-refractivity contribution in [2.24, 2.45) is 5.73 Å². The molecule has 17 heavy (non-hydrogen) atoms. The fraction of sp³-hybridized carbons (Fsp3) is 0.818. The number of anilines is 1. The third-order valence-corrected chi connectivity index (χ3v) is 3.51. The summed E-state index contributed by atoms with van der Waals surface area (Å²) in [6, 6.07) is -0.0235. The molecular formula is C11H18N4O2. The zero-order valence-corrected chi connectivity index (χ0v) is 9.84. The van der Waals surface area contributed by atoms with Crippen molar-refractivity contribution < 1.29 is 9.26 Å². The predicted molar refractivity (Wildman–Crippen MR) is 61.9 cm³/mol. The van der Waals surface area contributed by atoms with Gasteiger partial charge in [-0.1, -0.05) is 0 Å². The molecule has 0 radical (unpaired) electrons. The van der Waals surface area contributed by atoms with Crippen LogP contribution < -0.4 is 10.6 Å². The first-order chi connectivity index (χ1) is 8.34. The molecule has 2 N–H and O–H groups in total. The summed E-state index contributed by atoms with van der Waals surface area (Å²) in [5.41, 5.74) is 5.93. The van der Waals surface area contributed by atoms with Crippen molar-refractivity contribution in [2.45, 2.75) is 31.2 Å². The predicted octanol–water partition coefficient (Wildman–Crippen LogP) is 0.501. The van der Waals surface area contributed by atoms with Crippen molar-refractivity contribution >= 4 is 5.95 Å². The van der Waals surface area contributed by atoms with E-state index in [2.05, 4.69) is 15.0 Å². The third kappa shape index (κ3) is 2.14. The van der Waals surface area contributed by atoms with E-state index in [1.165, 1.54) is 19.3 Å². The lowest BCUT2D eigenvalue weighted by molar-refractivity contribution is 0.187. The summed E-state index contributed by atoms with van der Waals surface area (Å²) in [7, 11) is 0. The molecule has 2 aliphatic rings. The van der Waals surface area contributed by atoms with Crippen LogP contribution in [0.5, 0.6) is 0 Å². The summed E-state index contributed by atoms with van der Waals surface area (Å²) in [5.74, 6) is 1.38. The van der Waals surface area contributed by atoms with Gasteiger partial charge in [0.15, 0.2) is 0 Å². The number of rotatable bonds is 2. The van der Waals surface area contributed by atoms with Crippen LogP contribution in [0.1, 0.15) is 31.1 Å². The standard InChI is InChI=1S/C11H18N4O2/c12-9-7-16-6-8(9)10-13-11(14-17-10)15-4-2-1-3-5-15/h8-9H,1-7,12H2. The van der Waals surface area contributed by atoms with Crippen LogP contribution in [0, 0.1) is 0 Å². The van der Waals surface area contributed by atoms with Crippen LogP contribution >= 0.6 is 0 Å². The minimum atomic E-state index is -0.0235. The van der Waals surface area contributed by atoms with Gasteiger partial charge in [-0.05, 0) is 24.4 Å². The van der Waals surface area contributed by atoms with Gasteiger partial charge < -0.3 is 19.9 Å². The Bertz CT molecular complexity index is 375. The molecule has 0 spiro atoms. The maximum absolute atomic E-state index is 5.93. The maximum Gasteiger partial charge on any atom is 0.266 e. The highest BCUT2D eigenvalue weighted by Crippen LogP contribution is 2.25. The van der Waals surface area contributed by atoms with Crippen LogP contribution in [0.2, 0.25) is 0 Å². The van der Waals surface area contributed by atoms with E-state index < -0.39 is 0 Å². The first-order valence-electron chi connectivity index (χ1n) is 6.26. The quantitative estimate of drug-likeness (QED) is 0.808. The van der Waals surface area contributed by atoms with Crippen LogP contribution in [0.4, 0.5) is 5.95 Å². The smallest absolute Gasteiger partial charge is 0.266 e. The van der Waals surface area contributed by atoms with Crippen molar-refractivity contribution in [1.82, 2.24) is 10.1 Å². The lowest BCUT2D eigenvalue weighted by Crippen LogP contribution is -2.30. The van der Waals surface area contributed by atoms with Gasteiger partial charge in [-0.25, -0.2) is 0 Å². The Kier molecular flexibility index (Phi) is 2.98. The number of nitrogens with two attached hydrogens (primary N) is 1. The summed E-state index contributed by atoms with van der Waals surface area (Å²) < 4.78 is 10.6.